The molecule has 21 heavy (non-hydrogen) atoms. The molecule has 0 aromatic heterocycles. The molecular weight excluding hydrogens is 330 g/mol. The largest absolute Gasteiger partial charge is 0.444 e. The Morgan fingerprint density at radius 2 is 2.00 bits per heavy atom. The molecule has 2 rings (SSSR count). The number of fused-ring (bicyclic) bond motifs is 1. The van der Waals surface area contributed by atoms with E-state index in [9.17, 15) is 4.79 Å². The van der Waals surface area contributed by atoms with Gasteiger partial charge in [0.05, 0.1) is 0 Å². The number of halogens is 1. The summed E-state index contributed by atoms with van der Waals surface area (Å²) in [5, 5.41) is 0.878. The lowest BCUT2D eigenvalue weighted by Gasteiger charge is -2.33. The van der Waals surface area contributed by atoms with Gasteiger partial charge in [0.25, 0.3) is 0 Å². The average Bonchev–Trinajstić information content (AvgIpc) is 2.40. The predicted molar refractivity (Wildman–Crippen MR) is 88.9 cm³/mol. The number of hydrogen-bond acceptors (Lipinski definition) is 2. The summed E-state index contributed by atoms with van der Waals surface area (Å²) in [5.41, 5.74) is 6.22. The van der Waals surface area contributed by atoms with Gasteiger partial charge < -0.3 is 9.64 Å². The molecule has 1 aliphatic rings. The van der Waals surface area contributed by atoms with E-state index in [0.717, 1.165) is 18.3 Å². The quantitative estimate of drug-likeness (QED) is 0.696. The molecule has 1 amide bonds. The highest BCUT2D eigenvalue weighted by atomic mass is 79.9. The zero-order valence-electron chi connectivity index (χ0n) is 13.5. The summed E-state index contributed by atoms with van der Waals surface area (Å²) in [6.07, 6.45) is 0.692. The van der Waals surface area contributed by atoms with Gasteiger partial charge in [0.2, 0.25) is 0 Å². The molecule has 3 nitrogen and oxygen atoms in total. The minimum atomic E-state index is -0.442. The summed E-state index contributed by atoms with van der Waals surface area (Å²) in [6.45, 7) is 11.4. The summed E-state index contributed by atoms with van der Waals surface area (Å²) >= 11 is 3.55. The van der Waals surface area contributed by atoms with Crippen molar-refractivity contribution in [1.82, 2.24) is 4.90 Å². The maximum atomic E-state index is 12.2. The van der Waals surface area contributed by atoms with E-state index in [1.54, 1.807) is 0 Å². The van der Waals surface area contributed by atoms with Crippen LogP contribution in [0.2, 0.25) is 0 Å². The Hall–Kier alpha value is -1.03. The lowest BCUT2D eigenvalue weighted by atomic mass is 9.89. The summed E-state index contributed by atoms with van der Waals surface area (Å²) < 4.78 is 5.49. The minimum Gasteiger partial charge on any atom is -0.444 e. The predicted octanol–water partition coefficient (Wildman–Crippen LogP) is 4.49. The van der Waals surface area contributed by atoms with Crippen LogP contribution in [0.15, 0.2) is 6.07 Å². The van der Waals surface area contributed by atoms with Crippen LogP contribution in [0.25, 0.3) is 0 Å². The van der Waals surface area contributed by atoms with Gasteiger partial charge >= 0.3 is 6.09 Å². The fraction of sp³-hybridized carbons (Fsp3) is 0.588. The number of nitrogens with zero attached hydrogens (tertiary/aromatic N) is 1. The number of carbonyl (C=O) groups is 1. The fourth-order valence-corrected chi connectivity index (χ4v) is 3.39. The van der Waals surface area contributed by atoms with Crippen molar-refractivity contribution < 1.29 is 9.53 Å². The number of aryl methyl sites for hydroxylation is 1. The minimum absolute atomic E-state index is 0.213. The normalized spacial score (nSPS) is 14.9. The van der Waals surface area contributed by atoms with Crippen LogP contribution in [0.4, 0.5) is 4.79 Å². The molecule has 0 atom stereocenters. The monoisotopic (exact) mass is 353 g/mol. The molecular formula is C17H24BrNO2. The van der Waals surface area contributed by atoms with Gasteiger partial charge in [-0.15, -0.1) is 0 Å². The van der Waals surface area contributed by atoms with Crippen molar-refractivity contribution in [3.05, 3.63) is 33.9 Å². The van der Waals surface area contributed by atoms with E-state index in [-0.39, 0.29) is 6.09 Å². The topological polar surface area (TPSA) is 29.5 Å². The van der Waals surface area contributed by atoms with E-state index in [1.165, 1.54) is 27.8 Å². The van der Waals surface area contributed by atoms with E-state index < -0.39 is 5.60 Å². The first-order valence-electron chi connectivity index (χ1n) is 7.37. The van der Waals surface area contributed by atoms with E-state index in [1.807, 2.05) is 25.7 Å². The molecule has 0 radical (unpaired) electrons. The summed E-state index contributed by atoms with van der Waals surface area (Å²) in [4.78, 5) is 14.1. The maximum absolute atomic E-state index is 12.2. The number of hydrogen-bond donors (Lipinski definition) is 0. The van der Waals surface area contributed by atoms with Crippen LogP contribution in [0.1, 0.15) is 48.6 Å². The molecule has 0 fully saturated rings. The smallest absolute Gasteiger partial charge is 0.410 e. The van der Waals surface area contributed by atoms with Crippen LogP contribution in [0, 0.1) is 13.8 Å². The molecule has 0 unspecified atom stereocenters. The van der Waals surface area contributed by atoms with Crippen molar-refractivity contribution in [1.29, 1.82) is 0 Å². The average molecular weight is 354 g/mol. The number of amides is 1. The van der Waals surface area contributed by atoms with Gasteiger partial charge in [-0.05, 0) is 68.9 Å². The van der Waals surface area contributed by atoms with Crippen molar-refractivity contribution in [2.45, 2.75) is 58.5 Å². The SMILES string of the molecule is Cc1cc(CBr)c(C)c2c1CN(C(=O)OC(C)(C)C)CC2. The van der Waals surface area contributed by atoms with Gasteiger partial charge in [0.1, 0.15) is 5.60 Å². The van der Waals surface area contributed by atoms with E-state index >= 15 is 0 Å². The molecule has 1 aromatic rings. The van der Waals surface area contributed by atoms with Crippen molar-refractivity contribution in [3.63, 3.8) is 0 Å². The second kappa shape index (κ2) is 5.99. The van der Waals surface area contributed by atoms with Crippen molar-refractivity contribution in [2.75, 3.05) is 6.54 Å². The Bertz CT molecular complexity index is 561. The van der Waals surface area contributed by atoms with Crippen molar-refractivity contribution in [2.24, 2.45) is 0 Å². The molecule has 116 valence electrons. The third kappa shape index (κ3) is 3.60. The van der Waals surface area contributed by atoms with Gasteiger partial charge in [-0.2, -0.15) is 0 Å². The highest BCUT2D eigenvalue weighted by Crippen LogP contribution is 2.29. The van der Waals surface area contributed by atoms with Crippen LogP contribution in [-0.4, -0.2) is 23.1 Å². The second-order valence-corrected chi connectivity index (χ2v) is 7.28. The Balaban J connectivity index is 2.25. The third-order valence-electron chi connectivity index (χ3n) is 3.94. The standard InChI is InChI=1S/C17H24BrNO2/c1-11-8-13(9-18)12(2)14-6-7-19(10-15(11)14)16(20)21-17(3,4)5/h8H,6-7,9-10H2,1-5H3. The molecule has 0 aliphatic carbocycles. The Kier molecular flexibility index (Phi) is 4.66. The van der Waals surface area contributed by atoms with E-state index in [0.29, 0.717) is 6.54 Å². The Labute approximate surface area is 135 Å². The summed E-state index contributed by atoms with van der Waals surface area (Å²) in [7, 11) is 0. The molecule has 0 saturated carbocycles. The van der Waals surface area contributed by atoms with Gasteiger partial charge in [0.15, 0.2) is 0 Å². The third-order valence-corrected chi connectivity index (χ3v) is 4.55. The molecule has 4 heteroatoms. The fourth-order valence-electron chi connectivity index (χ4n) is 2.81. The van der Waals surface area contributed by atoms with Crippen molar-refractivity contribution in [3.8, 4) is 0 Å². The van der Waals surface area contributed by atoms with Crippen LogP contribution in [-0.2, 0) is 23.0 Å². The molecule has 0 spiro atoms. The van der Waals surface area contributed by atoms with Gasteiger partial charge in [0, 0.05) is 18.4 Å². The Morgan fingerprint density at radius 1 is 1.33 bits per heavy atom. The summed E-state index contributed by atoms with van der Waals surface area (Å²) in [6, 6.07) is 2.22. The first-order valence-corrected chi connectivity index (χ1v) is 8.50. The lowest BCUT2D eigenvalue weighted by molar-refractivity contribution is 0.0223. The van der Waals surface area contributed by atoms with Crippen LogP contribution in [0.3, 0.4) is 0 Å². The maximum Gasteiger partial charge on any atom is 0.410 e. The van der Waals surface area contributed by atoms with E-state index in [2.05, 4.69) is 35.8 Å². The number of ether oxygens (including phenoxy) is 1. The first-order chi connectivity index (χ1) is 9.73. The highest BCUT2D eigenvalue weighted by molar-refractivity contribution is 9.08. The number of benzene rings is 1. The van der Waals surface area contributed by atoms with Crippen LogP contribution < -0.4 is 0 Å². The molecule has 0 saturated heterocycles. The lowest BCUT2D eigenvalue weighted by Crippen LogP contribution is -2.40. The number of alkyl halides is 1. The summed E-state index contributed by atoms with van der Waals surface area (Å²) in [5.74, 6) is 0. The van der Waals surface area contributed by atoms with E-state index in [4.69, 9.17) is 4.74 Å². The van der Waals surface area contributed by atoms with Gasteiger partial charge in [-0.25, -0.2) is 4.79 Å². The van der Waals surface area contributed by atoms with Crippen LogP contribution in [0.5, 0.6) is 0 Å². The second-order valence-electron chi connectivity index (χ2n) is 6.72. The van der Waals surface area contributed by atoms with Gasteiger partial charge in [-0.3, -0.25) is 0 Å². The van der Waals surface area contributed by atoms with Gasteiger partial charge in [-0.1, -0.05) is 22.0 Å². The molecule has 1 aliphatic heterocycles. The molecule has 1 aromatic carbocycles. The molecule has 0 bridgehead atoms. The van der Waals surface area contributed by atoms with Crippen LogP contribution >= 0.6 is 15.9 Å². The first kappa shape index (κ1) is 16.3. The number of rotatable bonds is 1. The molecule has 0 N–H and O–H groups in total. The number of carbonyl (C=O) groups excluding carboxylic acids is 1. The Morgan fingerprint density at radius 3 is 2.57 bits per heavy atom. The highest BCUT2D eigenvalue weighted by Gasteiger charge is 2.27. The zero-order chi connectivity index (χ0) is 15.8. The zero-order valence-corrected chi connectivity index (χ0v) is 15.1. The van der Waals surface area contributed by atoms with Crippen molar-refractivity contribution >= 4 is 22.0 Å². The molecule has 1 heterocycles.